The number of amides is 2. The Labute approximate surface area is 153 Å². The number of nitrogens with two attached hydrogens (primary N) is 1. The summed E-state index contributed by atoms with van der Waals surface area (Å²) in [5.41, 5.74) is 5.77. The quantitative estimate of drug-likeness (QED) is 0.606. The zero-order valence-electron chi connectivity index (χ0n) is 14.5. The van der Waals surface area contributed by atoms with Crippen LogP contribution >= 0.6 is 24.2 Å². The van der Waals surface area contributed by atoms with E-state index in [1.807, 2.05) is 13.8 Å². The van der Waals surface area contributed by atoms with Gasteiger partial charge in [0.2, 0.25) is 11.8 Å². The number of hydrogen-bond donors (Lipinski definition) is 3. The summed E-state index contributed by atoms with van der Waals surface area (Å²) < 4.78 is 4.88. The van der Waals surface area contributed by atoms with Crippen LogP contribution in [0.5, 0.6) is 0 Å². The topological polar surface area (TPSA) is 110 Å². The van der Waals surface area contributed by atoms with Crippen molar-refractivity contribution in [2.75, 3.05) is 17.6 Å². The van der Waals surface area contributed by atoms with Gasteiger partial charge in [0.15, 0.2) is 5.82 Å². The Kier molecular flexibility index (Phi) is 10.0. The molecule has 7 nitrogen and oxygen atoms in total. The molecule has 1 heterocycles. The first-order valence-corrected chi connectivity index (χ1v) is 8.76. The third-order valence-electron chi connectivity index (χ3n) is 3.76. The molecule has 4 N–H and O–H groups in total. The second kappa shape index (κ2) is 10.6. The van der Waals surface area contributed by atoms with Crippen LogP contribution in [-0.4, -0.2) is 40.1 Å². The minimum absolute atomic E-state index is 0. The standard InChI is InChI=1S/C15H26N4O3S.ClH/c1-5-15(16,6-2)9-17-13(20)8-23-11(4)14(21)18-12-7-10(3)22-19-12;/h7,11H,5-6,8-9,16H2,1-4H3,(H,17,20)(H,18,19,21);1H. The molecule has 24 heavy (non-hydrogen) atoms. The first kappa shape index (κ1) is 22.8. The van der Waals surface area contributed by atoms with E-state index < -0.39 is 0 Å². The van der Waals surface area contributed by atoms with Gasteiger partial charge in [-0.25, -0.2) is 0 Å². The number of anilines is 1. The van der Waals surface area contributed by atoms with Crippen molar-refractivity contribution < 1.29 is 14.1 Å². The number of aromatic nitrogens is 1. The number of nitrogens with zero attached hydrogens (tertiary/aromatic N) is 1. The maximum atomic E-state index is 12.0. The summed E-state index contributed by atoms with van der Waals surface area (Å²) in [7, 11) is 0. The number of hydrogen-bond acceptors (Lipinski definition) is 6. The highest BCUT2D eigenvalue weighted by Gasteiger charge is 2.21. The molecular weight excluding hydrogens is 352 g/mol. The van der Waals surface area contributed by atoms with Crippen molar-refractivity contribution in [2.24, 2.45) is 5.73 Å². The molecule has 138 valence electrons. The summed E-state index contributed by atoms with van der Waals surface area (Å²) in [4.78, 5) is 23.8. The van der Waals surface area contributed by atoms with Crippen LogP contribution in [0.25, 0.3) is 0 Å². The Balaban J connectivity index is 0.00000529. The highest BCUT2D eigenvalue weighted by Crippen LogP contribution is 2.14. The monoisotopic (exact) mass is 378 g/mol. The molecule has 0 radical (unpaired) electrons. The van der Waals surface area contributed by atoms with Crippen LogP contribution in [0.15, 0.2) is 10.6 Å². The Morgan fingerprint density at radius 1 is 1.42 bits per heavy atom. The molecule has 0 aliphatic rings. The Morgan fingerprint density at radius 3 is 2.54 bits per heavy atom. The van der Waals surface area contributed by atoms with E-state index in [9.17, 15) is 9.59 Å². The second-order valence-corrected chi connectivity index (χ2v) is 6.94. The van der Waals surface area contributed by atoms with Crippen molar-refractivity contribution in [1.29, 1.82) is 0 Å². The van der Waals surface area contributed by atoms with Gasteiger partial charge >= 0.3 is 0 Å². The maximum absolute atomic E-state index is 12.0. The summed E-state index contributed by atoms with van der Waals surface area (Å²) in [6.07, 6.45) is 1.60. The minimum atomic E-state index is -0.377. The molecule has 0 saturated carbocycles. The summed E-state index contributed by atoms with van der Waals surface area (Å²) >= 11 is 1.26. The van der Waals surface area contributed by atoms with Crippen LogP contribution in [0, 0.1) is 6.92 Å². The molecule has 1 aromatic heterocycles. The van der Waals surface area contributed by atoms with E-state index in [0.717, 1.165) is 12.8 Å². The molecule has 0 bridgehead atoms. The molecule has 0 fully saturated rings. The smallest absolute Gasteiger partial charge is 0.238 e. The summed E-state index contributed by atoms with van der Waals surface area (Å²) in [5, 5.41) is 8.80. The third-order valence-corrected chi connectivity index (χ3v) is 4.90. The largest absolute Gasteiger partial charge is 0.360 e. The Bertz CT molecular complexity index is 535. The fourth-order valence-electron chi connectivity index (χ4n) is 1.76. The molecular formula is C15H27ClN4O3S. The average molecular weight is 379 g/mol. The number of carbonyl (C=O) groups is 2. The molecule has 0 aliphatic carbocycles. The van der Waals surface area contributed by atoms with Gasteiger partial charge in [-0.15, -0.1) is 24.2 Å². The number of halogens is 1. The van der Waals surface area contributed by atoms with Gasteiger partial charge in [-0.3, -0.25) is 9.59 Å². The van der Waals surface area contributed by atoms with Crippen molar-refractivity contribution >= 4 is 41.8 Å². The minimum Gasteiger partial charge on any atom is -0.360 e. The van der Waals surface area contributed by atoms with Crippen molar-refractivity contribution in [3.63, 3.8) is 0 Å². The normalized spacial score (nSPS) is 12.2. The van der Waals surface area contributed by atoms with Gasteiger partial charge in [0, 0.05) is 18.2 Å². The average Bonchev–Trinajstić information content (AvgIpc) is 2.95. The molecule has 1 atom stereocenters. The lowest BCUT2D eigenvalue weighted by Crippen LogP contribution is -2.49. The van der Waals surface area contributed by atoms with Crippen LogP contribution in [0.2, 0.25) is 0 Å². The van der Waals surface area contributed by atoms with Crippen molar-refractivity contribution in [1.82, 2.24) is 10.5 Å². The number of rotatable bonds is 9. The van der Waals surface area contributed by atoms with E-state index in [0.29, 0.717) is 18.1 Å². The van der Waals surface area contributed by atoms with E-state index in [1.165, 1.54) is 11.8 Å². The Hall–Kier alpha value is -1.25. The van der Waals surface area contributed by atoms with Gasteiger partial charge in [-0.05, 0) is 26.7 Å². The molecule has 1 unspecified atom stereocenters. The summed E-state index contributed by atoms with van der Waals surface area (Å²) in [6.45, 7) is 7.93. The SMILES string of the molecule is CCC(N)(CC)CNC(=O)CSC(C)C(=O)Nc1cc(C)on1.Cl. The maximum Gasteiger partial charge on any atom is 0.238 e. The second-order valence-electron chi connectivity index (χ2n) is 5.61. The van der Waals surface area contributed by atoms with Crippen molar-refractivity contribution in [3.05, 3.63) is 11.8 Å². The molecule has 1 rings (SSSR count). The van der Waals surface area contributed by atoms with Gasteiger partial charge in [0.25, 0.3) is 0 Å². The fourth-order valence-corrected chi connectivity index (χ4v) is 2.47. The third kappa shape index (κ3) is 7.55. The van der Waals surface area contributed by atoms with E-state index in [-0.39, 0.29) is 40.8 Å². The lowest BCUT2D eigenvalue weighted by atomic mass is 9.94. The lowest BCUT2D eigenvalue weighted by Gasteiger charge is -2.26. The highest BCUT2D eigenvalue weighted by atomic mass is 35.5. The summed E-state index contributed by atoms with van der Waals surface area (Å²) in [6, 6.07) is 1.64. The first-order chi connectivity index (χ1) is 10.8. The van der Waals surface area contributed by atoms with Crippen molar-refractivity contribution in [3.8, 4) is 0 Å². The zero-order chi connectivity index (χ0) is 17.5. The highest BCUT2D eigenvalue weighted by molar-refractivity contribution is 8.01. The van der Waals surface area contributed by atoms with Gasteiger partial charge in [0.1, 0.15) is 5.76 Å². The fraction of sp³-hybridized carbons (Fsp3) is 0.667. The van der Waals surface area contributed by atoms with E-state index in [2.05, 4.69) is 15.8 Å². The molecule has 2 amide bonds. The molecule has 0 saturated heterocycles. The summed E-state index contributed by atoms with van der Waals surface area (Å²) in [5.74, 6) is 0.867. The molecule has 0 spiro atoms. The van der Waals surface area contributed by atoms with Gasteiger partial charge in [-0.2, -0.15) is 0 Å². The van der Waals surface area contributed by atoms with E-state index in [1.54, 1.807) is 19.9 Å². The van der Waals surface area contributed by atoms with Gasteiger partial charge < -0.3 is 20.9 Å². The molecule has 1 aromatic rings. The van der Waals surface area contributed by atoms with Crippen LogP contribution in [0.3, 0.4) is 0 Å². The number of carbonyl (C=O) groups excluding carboxylic acids is 2. The lowest BCUT2D eigenvalue weighted by molar-refractivity contribution is -0.118. The van der Waals surface area contributed by atoms with E-state index in [4.69, 9.17) is 10.3 Å². The predicted molar refractivity (Wildman–Crippen MR) is 99.5 cm³/mol. The Morgan fingerprint density at radius 2 is 2.04 bits per heavy atom. The van der Waals surface area contributed by atoms with E-state index >= 15 is 0 Å². The van der Waals surface area contributed by atoms with Gasteiger partial charge in [0.05, 0.1) is 11.0 Å². The van der Waals surface area contributed by atoms with Crippen LogP contribution < -0.4 is 16.4 Å². The first-order valence-electron chi connectivity index (χ1n) is 7.71. The van der Waals surface area contributed by atoms with Crippen molar-refractivity contribution in [2.45, 2.75) is 51.3 Å². The molecule has 9 heteroatoms. The zero-order valence-corrected chi connectivity index (χ0v) is 16.2. The number of aryl methyl sites for hydroxylation is 1. The number of nitrogens with one attached hydrogen (secondary N) is 2. The van der Waals surface area contributed by atoms with Gasteiger partial charge in [-0.1, -0.05) is 19.0 Å². The van der Waals surface area contributed by atoms with Crippen LogP contribution in [-0.2, 0) is 9.59 Å². The molecule has 0 aliphatic heterocycles. The molecule has 0 aromatic carbocycles. The van der Waals surface area contributed by atoms with Crippen LogP contribution in [0.4, 0.5) is 5.82 Å². The van der Waals surface area contributed by atoms with Crippen LogP contribution in [0.1, 0.15) is 39.4 Å². The predicted octanol–water partition coefficient (Wildman–Crippen LogP) is 2.10. The number of thioether (sulfide) groups is 1.